The molecule has 0 fully saturated rings. The monoisotopic (exact) mass is 304 g/mol. The Labute approximate surface area is 124 Å². The number of thioether (sulfide) groups is 1. The van der Waals surface area contributed by atoms with E-state index in [9.17, 15) is 0 Å². The molecule has 1 aromatic carbocycles. The summed E-state index contributed by atoms with van der Waals surface area (Å²) < 4.78 is 5.68. The van der Waals surface area contributed by atoms with Crippen LogP contribution in [0.5, 0.6) is 0 Å². The van der Waals surface area contributed by atoms with E-state index in [1.165, 1.54) is 24.4 Å². The molecule has 0 unspecified atom stereocenters. The predicted molar refractivity (Wildman–Crippen MR) is 76.3 cm³/mol. The largest absolute Gasteiger partial charge is 0.440 e. The minimum Gasteiger partial charge on any atom is -0.440 e. The normalized spacial score (nSPS) is 10.7. The van der Waals surface area contributed by atoms with Crippen molar-refractivity contribution in [2.24, 2.45) is 0 Å². The molecular formula is C13H9ClN4OS. The van der Waals surface area contributed by atoms with Gasteiger partial charge in [0, 0.05) is 5.56 Å². The van der Waals surface area contributed by atoms with Crippen molar-refractivity contribution < 1.29 is 4.42 Å². The van der Waals surface area contributed by atoms with Crippen LogP contribution >= 0.6 is 23.4 Å². The summed E-state index contributed by atoms with van der Waals surface area (Å²) in [6.45, 7) is 0. The zero-order chi connectivity index (χ0) is 13.8. The second-order valence-electron chi connectivity index (χ2n) is 3.81. The Hall–Kier alpha value is -1.92. The molecule has 7 heteroatoms. The van der Waals surface area contributed by atoms with Crippen molar-refractivity contribution in [3.8, 4) is 11.3 Å². The molecule has 3 rings (SSSR count). The van der Waals surface area contributed by atoms with Crippen LogP contribution in [-0.2, 0) is 5.75 Å². The van der Waals surface area contributed by atoms with Crippen LogP contribution in [-0.4, -0.2) is 19.9 Å². The van der Waals surface area contributed by atoms with Gasteiger partial charge in [0.25, 0.3) is 0 Å². The fourth-order valence-electron chi connectivity index (χ4n) is 1.59. The van der Waals surface area contributed by atoms with E-state index in [2.05, 4.69) is 19.9 Å². The first-order valence-electron chi connectivity index (χ1n) is 5.77. The van der Waals surface area contributed by atoms with Gasteiger partial charge in [0.05, 0.1) is 17.0 Å². The maximum Gasteiger partial charge on any atom is 0.205 e. The summed E-state index contributed by atoms with van der Waals surface area (Å²) in [5, 5.41) is 1.28. The summed E-state index contributed by atoms with van der Waals surface area (Å²) in [4.78, 5) is 16.0. The van der Waals surface area contributed by atoms with E-state index in [1.807, 2.05) is 24.3 Å². The van der Waals surface area contributed by atoms with Gasteiger partial charge in [-0.1, -0.05) is 35.5 Å². The number of hydrogen-bond donors (Lipinski definition) is 0. The highest BCUT2D eigenvalue weighted by molar-refractivity contribution is 7.98. The van der Waals surface area contributed by atoms with E-state index in [1.54, 1.807) is 6.20 Å². The van der Waals surface area contributed by atoms with E-state index in [4.69, 9.17) is 16.0 Å². The Bertz CT molecular complexity index is 704. The molecule has 100 valence electrons. The van der Waals surface area contributed by atoms with Crippen LogP contribution in [0.1, 0.15) is 5.89 Å². The van der Waals surface area contributed by atoms with Crippen LogP contribution in [0, 0.1) is 0 Å². The van der Waals surface area contributed by atoms with E-state index in [0.717, 1.165) is 5.56 Å². The Morgan fingerprint density at radius 1 is 1.10 bits per heavy atom. The van der Waals surface area contributed by atoms with Crippen LogP contribution in [0.3, 0.4) is 0 Å². The molecule has 0 amide bonds. The first kappa shape index (κ1) is 13.1. The van der Waals surface area contributed by atoms with Crippen molar-refractivity contribution in [1.29, 1.82) is 0 Å². The average Bonchev–Trinajstić information content (AvgIpc) is 2.95. The number of rotatable bonds is 4. The third-order valence-corrected chi connectivity index (χ3v) is 3.68. The molecular weight excluding hydrogens is 296 g/mol. The van der Waals surface area contributed by atoms with Crippen LogP contribution < -0.4 is 0 Å². The molecule has 2 heterocycles. The molecule has 20 heavy (non-hydrogen) atoms. The second kappa shape index (κ2) is 6.02. The molecule has 3 aromatic rings. The highest BCUT2D eigenvalue weighted by Gasteiger charge is 2.10. The molecule has 0 saturated carbocycles. The standard InChI is InChI=1S/C13H9ClN4OS/c14-10-4-2-1-3-9(10)11-5-16-12(19-11)6-20-13-17-7-15-8-18-13/h1-5,7-8H,6H2. The lowest BCUT2D eigenvalue weighted by Crippen LogP contribution is -1.87. The third kappa shape index (κ3) is 2.97. The lowest BCUT2D eigenvalue weighted by atomic mass is 10.2. The van der Waals surface area contributed by atoms with Gasteiger partial charge in [0.15, 0.2) is 10.9 Å². The van der Waals surface area contributed by atoms with E-state index in [-0.39, 0.29) is 0 Å². The van der Waals surface area contributed by atoms with Gasteiger partial charge in [-0.25, -0.2) is 19.9 Å². The van der Waals surface area contributed by atoms with Gasteiger partial charge < -0.3 is 4.42 Å². The Balaban J connectivity index is 1.73. The average molecular weight is 305 g/mol. The zero-order valence-corrected chi connectivity index (χ0v) is 11.8. The number of oxazole rings is 1. The SMILES string of the molecule is Clc1ccccc1-c1cnc(CSc2ncncn2)o1. The topological polar surface area (TPSA) is 64.7 Å². The smallest absolute Gasteiger partial charge is 0.205 e. The highest BCUT2D eigenvalue weighted by atomic mass is 35.5. The van der Waals surface area contributed by atoms with Crippen molar-refractivity contribution in [1.82, 2.24) is 19.9 Å². The second-order valence-corrected chi connectivity index (χ2v) is 5.16. The Morgan fingerprint density at radius 2 is 1.90 bits per heavy atom. The van der Waals surface area contributed by atoms with E-state index in [0.29, 0.717) is 27.6 Å². The van der Waals surface area contributed by atoms with Gasteiger partial charge >= 0.3 is 0 Å². The maximum atomic E-state index is 6.12. The van der Waals surface area contributed by atoms with E-state index >= 15 is 0 Å². The first-order chi connectivity index (χ1) is 9.83. The number of nitrogens with zero attached hydrogens (tertiary/aromatic N) is 4. The number of benzene rings is 1. The first-order valence-corrected chi connectivity index (χ1v) is 7.13. The van der Waals surface area contributed by atoms with E-state index < -0.39 is 0 Å². The summed E-state index contributed by atoms with van der Waals surface area (Å²) >= 11 is 7.56. The lowest BCUT2D eigenvalue weighted by molar-refractivity contribution is 0.530. The van der Waals surface area contributed by atoms with Crippen molar-refractivity contribution >= 4 is 23.4 Å². The molecule has 0 spiro atoms. The van der Waals surface area contributed by atoms with Gasteiger partial charge in [-0.3, -0.25) is 0 Å². The van der Waals surface area contributed by atoms with Gasteiger partial charge in [-0.2, -0.15) is 0 Å². The fourth-order valence-corrected chi connectivity index (χ4v) is 2.45. The summed E-state index contributed by atoms with van der Waals surface area (Å²) in [6, 6.07) is 7.49. The van der Waals surface area contributed by atoms with Gasteiger partial charge in [-0.05, 0) is 12.1 Å². The quantitative estimate of drug-likeness (QED) is 0.688. The molecule has 0 N–H and O–H groups in total. The minimum atomic E-state index is 0.550. The minimum absolute atomic E-state index is 0.550. The van der Waals surface area contributed by atoms with Crippen molar-refractivity contribution in [2.75, 3.05) is 0 Å². The fraction of sp³-hybridized carbons (Fsp3) is 0.0769. The maximum absolute atomic E-state index is 6.12. The molecule has 0 atom stereocenters. The predicted octanol–water partition coefficient (Wildman–Crippen LogP) is 3.47. The molecule has 0 radical (unpaired) electrons. The number of aromatic nitrogens is 4. The van der Waals surface area contributed by atoms with Crippen LogP contribution in [0.2, 0.25) is 5.02 Å². The lowest BCUT2D eigenvalue weighted by Gasteiger charge is -1.98. The van der Waals surface area contributed by atoms with Gasteiger partial charge in [0.2, 0.25) is 5.89 Å². The molecule has 0 aliphatic carbocycles. The zero-order valence-electron chi connectivity index (χ0n) is 10.2. The molecule has 0 aliphatic rings. The summed E-state index contributed by atoms with van der Waals surface area (Å²) in [7, 11) is 0. The molecule has 2 aromatic heterocycles. The van der Waals surface area contributed by atoms with Crippen molar-refractivity contribution in [3.05, 3.63) is 54.0 Å². The summed E-state index contributed by atoms with van der Waals surface area (Å²) in [5.41, 5.74) is 0.832. The van der Waals surface area contributed by atoms with Gasteiger partial charge in [0.1, 0.15) is 12.7 Å². The number of halogens is 1. The van der Waals surface area contributed by atoms with Crippen LogP contribution in [0.25, 0.3) is 11.3 Å². The van der Waals surface area contributed by atoms with Crippen LogP contribution in [0.15, 0.2) is 52.7 Å². The molecule has 5 nitrogen and oxygen atoms in total. The molecule has 0 aliphatic heterocycles. The summed E-state index contributed by atoms with van der Waals surface area (Å²) in [5.74, 6) is 1.81. The van der Waals surface area contributed by atoms with Crippen molar-refractivity contribution in [3.63, 3.8) is 0 Å². The van der Waals surface area contributed by atoms with Crippen molar-refractivity contribution in [2.45, 2.75) is 10.9 Å². The Morgan fingerprint density at radius 3 is 2.70 bits per heavy atom. The summed E-state index contributed by atoms with van der Waals surface area (Å²) in [6.07, 6.45) is 4.59. The number of hydrogen-bond acceptors (Lipinski definition) is 6. The van der Waals surface area contributed by atoms with Crippen LogP contribution in [0.4, 0.5) is 0 Å². The van der Waals surface area contributed by atoms with Gasteiger partial charge in [-0.15, -0.1) is 0 Å². The highest BCUT2D eigenvalue weighted by Crippen LogP contribution is 2.29. The molecule has 0 bridgehead atoms. The molecule has 0 saturated heterocycles. The third-order valence-electron chi connectivity index (χ3n) is 2.49. The Kier molecular flexibility index (Phi) is 3.94.